The van der Waals surface area contributed by atoms with E-state index in [4.69, 9.17) is 18.6 Å². The van der Waals surface area contributed by atoms with Crippen molar-refractivity contribution in [3.63, 3.8) is 0 Å². The Labute approximate surface area is 144 Å². The number of fused-ring (bicyclic) bond motifs is 1. The number of phenolic OH excluding ortho intramolecular Hbond substituents is 1. The molecule has 0 bridgehead atoms. The summed E-state index contributed by atoms with van der Waals surface area (Å²) in [5, 5.41) is 10.4. The third-order valence-electron chi connectivity index (χ3n) is 3.97. The smallest absolute Gasteiger partial charge is 0.211 e. The van der Waals surface area contributed by atoms with Crippen molar-refractivity contribution in [2.45, 2.75) is 6.92 Å². The van der Waals surface area contributed by atoms with E-state index in [0.717, 1.165) is 11.1 Å². The molecule has 0 amide bonds. The van der Waals surface area contributed by atoms with Crippen LogP contribution in [0.5, 0.6) is 23.0 Å². The lowest BCUT2D eigenvalue weighted by atomic mass is 10.1. The lowest BCUT2D eigenvalue weighted by Crippen LogP contribution is -2.05. The van der Waals surface area contributed by atoms with Crippen LogP contribution < -0.4 is 19.6 Å². The van der Waals surface area contributed by atoms with Gasteiger partial charge in [0.2, 0.25) is 17.2 Å². The van der Waals surface area contributed by atoms with Crippen LogP contribution in [0.1, 0.15) is 5.56 Å². The Kier molecular flexibility index (Phi) is 4.27. The van der Waals surface area contributed by atoms with Crippen molar-refractivity contribution >= 4 is 11.0 Å². The number of hydrogen-bond acceptors (Lipinski definition) is 6. The van der Waals surface area contributed by atoms with Crippen LogP contribution in [0.3, 0.4) is 0 Å². The number of benzene rings is 2. The summed E-state index contributed by atoms with van der Waals surface area (Å²) < 4.78 is 21.7. The van der Waals surface area contributed by atoms with E-state index in [1.807, 2.05) is 31.2 Å². The van der Waals surface area contributed by atoms with Crippen LogP contribution in [0.15, 0.2) is 39.5 Å². The van der Waals surface area contributed by atoms with E-state index < -0.39 is 5.43 Å². The van der Waals surface area contributed by atoms with Gasteiger partial charge in [-0.2, -0.15) is 0 Å². The number of methoxy groups -OCH3 is 3. The van der Waals surface area contributed by atoms with Crippen molar-refractivity contribution in [1.82, 2.24) is 0 Å². The van der Waals surface area contributed by atoms with E-state index >= 15 is 0 Å². The summed E-state index contributed by atoms with van der Waals surface area (Å²) >= 11 is 0. The second kappa shape index (κ2) is 6.39. The predicted octanol–water partition coefficient (Wildman–Crippen LogP) is 3.50. The van der Waals surface area contributed by atoms with Gasteiger partial charge in [0.05, 0.1) is 21.3 Å². The lowest BCUT2D eigenvalue weighted by Gasteiger charge is -2.16. The van der Waals surface area contributed by atoms with E-state index in [9.17, 15) is 9.90 Å². The van der Waals surface area contributed by atoms with Gasteiger partial charge < -0.3 is 23.7 Å². The fourth-order valence-corrected chi connectivity index (χ4v) is 2.73. The fraction of sp³-hybridized carbons (Fsp3) is 0.211. The number of rotatable bonds is 4. The van der Waals surface area contributed by atoms with E-state index in [1.165, 1.54) is 27.4 Å². The molecule has 0 saturated carbocycles. The molecule has 6 heteroatoms. The van der Waals surface area contributed by atoms with Gasteiger partial charge in [0, 0.05) is 11.6 Å². The minimum atomic E-state index is -0.409. The Hall–Kier alpha value is -3.15. The van der Waals surface area contributed by atoms with Crippen LogP contribution in [-0.2, 0) is 0 Å². The van der Waals surface area contributed by atoms with Crippen LogP contribution in [0.25, 0.3) is 22.3 Å². The topological polar surface area (TPSA) is 78.1 Å². The molecule has 0 saturated heterocycles. The van der Waals surface area contributed by atoms with Crippen molar-refractivity contribution < 1.29 is 23.7 Å². The lowest BCUT2D eigenvalue weighted by molar-refractivity contribution is 0.311. The Bertz CT molecular complexity index is 986. The number of hydrogen-bond donors (Lipinski definition) is 1. The van der Waals surface area contributed by atoms with Crippen LogP contribution >= 0.6 is 0 Å². The van der Waals surface area contributed by atoms with Crippen LogP contribution in [0.4, 0.5) is 0 Å². The Morgan fingerprint density at radius 1 is 0.920 bits per heavy atom. The molecule has 130 valence electrons. The Balaban J connectivity index is 2.41. The van der Waals surface area contributed by atoms with Crippen molar-refractivity contribution in [3.05, 3.63) is 46.1 Å². The van der Waals surface area contributed by atoms with Gasteiger partial charge in [-0.05, 0) is 6.92 Å². The number of aryl methyl sites for hydroxylation is 1. The van der Waals surface area contributed by atoms with E-state index in [1.54, 1.807) is 0 Å². The van der Waals surface area contributed by atoms with Gasteiger partial charge in [0.1, 0.15) is 11.1 Å². The summed E-state index contributed by atoms with van der Waals surface area (Å²) in [7, 11) is 4.20. The molecule has 3 aromatic rings. The molecule has 0 unspecified atom stereocenters. The number of phenols is 1. The summed E-state index contributed by atoms with van der Waals surface area (Å²) in [6, 6.07) is 8.88. The molecule has 25 heavy (non-hydrogen) atoms. The van der Waals surface area contributed by atoms with E-state index in [-0.39, 0.29) is 34.0 Å². The zero-order valence-electron chi connectivity index (χ0n) is 14.4. The summed E-state index contributed by atoms with van der Waals surface area (Å²) in [5.74, 6) is 0.362. The maximum Gasteiger partial charge on any atom is 0.211 e. The highest BCUT2D eigenvalue weighted by Gasteiger charge is 2.26. The molecule has 3 rings (SSSR count). The van der Waals surface area contributed by atoms with Crippen LogP contribution in [0.2, 0.25) is 0 Å². The summed E-state index contributed by atoms with van der Waals surface area (Å²) in [6.45, 7) is 1.97. The fourth-order valence-electron chi connectivity index (χ4n) is 2.73. The third-order valence-corrected chi connectivity index (χ3v) is 3.97. The molecule has 1 heterocycles. The predicted molar refractivity (Wildman–Crippen MR) is 94.0 cm³/mol. The molecule has 0 aliphatic heterocycles. The molecule has 6 nitrogen and oxygen atoms in total. The van der Waals surface area contributed by atoms with Crippen LogP contribution in [0, 0.1) is 6.92 Å². The summed E-state index contributed by atoms with van der Waals surface area (Å²) in [4.78, 5) is 12.6. The number of ether oxygens (including phenoxy) is 3. The molecular weight excluding hydrogens is 324 g/mol. The second-order valence-corrected chi connectivity index (χ2v) is 5.49. The van der Waals surface area contributed by atoms with E-state index in [0.29, 0.717) is 5.76 Å². The van der Waals surface area contributed by atoms with Gasteiger partial charge in [-0.1, -0.05) is 29.8 Å². The molecule has 0 fully saturated rings. The molecule has 0 aliphatic carbocycles. The quantitative estimate of drug-likeness (QED) is 0.782. The Morgan fingerprint density at radius 3 is 2.08 bits per heavy atom. The van der Waals surface area contributed by atoms with Crippen LogP contribution in [-0.4, -0.2) is 26.4 Å². The maximum absolute atomic E-state index is 12.6. The van der Waals surface area contributed by atoms with Crippen molar-refractivity contribution in [2.24, 2.45) is 0 Å². The van der Waals surface area contributed by atoms with Gasteiger partial charge in [-0.3, -0.25) is 4.79 Å². The monoisotopic (exact) mass is 342 g/mol. The second-order valence-electron chi connectivity index (χ2n) is 5.49. The SMILES string of the molecule is COc1c(OC)c(O)c2c(=O)cc(-c3ccc(C)cc3)oc2c1OC. The maximum atomic E-state index is 12.6. The summed E-state index contributed by atoms with van der Waals surface area (Å²) in [6.07, 6.45) is 0. The van der Waals surface area contributed by atoms with Crippen molar-refractivity contribution in [3.8, 4) is 34.3 Å². The first-order valence-corrected chi connectivity index (χ1v) is 7.57. The first-order chi connectivity index (χ1) is 12.0. The highest BCUT2D eigenvalue weighted by atomic mass is 16.5. The average Bonchev–Trinajstić information content (AvgIpc) is 2.61. The van der Waals surface area contributed by atoms with Crippen molar-refractivity contribution in [1.29, 1.82) is 0 Å². The van der Waals surface area contributed by atoms with E-state index in [2.05, 4.69) is 0 Å². The first-order valence-electron chi connectivity index (χ1n) is 7.57. The summed E-state index contributed by atoms with van der Waals surface area (Å²) in [5.41, 5.74) is 1.52. The zero-order chi connectivity index (χ0) is 18.1. The van der Waals surface area contributed by atoms with Gasteiger partial charge in [-0.15, -0.1) is 0 Å². The van der Waals surface area contributed by atoms with Gasteiger partial charge in [0.15, 0.2) is 16.8 Å². The Morgan fingerprint density at radius 2 is 1.52 bits per heavy atom. The molecule has 1 aromatic heterocycles. The zero-order valence-corrected chi connectivity index (χ0v) is 14.4. The molecule has 0 atom stereocenters. The minimum Gasteiger partial charge on any atom is -0.504 e. The molecule has 0 aliphatic rings. The van der Waals surface area contributed by atoms with Gasteiger partial charge >= 0.3 is 0 Å². The molecule has 0 spiro atoms. The molecule has 1 N–H and O–H groups in total. The minimum absolute atomic E-state index is 0.0160. The van der Waals surface area contributed by atoms with Gasteiger partial charge in [0.25, 0.3) is 0 Å². The third kappa shape index (κ3) is 2.65. The average molecular weight is 342 g/mol. The van der Waals surface area contributed by atoms with Crippen molar-refractivity contribution in [2.75, 3.05) is 21.3 Å². The normalized spacial score (nSPS) is 10.7. The first kappa shape index (κ1) is 16.7. The number of aromatic hydroxyl groups is 1. The highest BCUT2D eigenvalue weighted by molar-refractivity contribution is 5.95. The molecular formula is C19H18O6. The van der Waals surface area contributed by atoms with Gasteiger partial charge in [-0.25, -0.2) is 0 Å². The molecule has 2 aromatic carbocycles. The molecule has 0 radical (unpaired) electrons. The standard InChI is InChI=1S/C19H18O6/c1-10-5-7-11(8-6-10)13-9-12(20)14-15(21)17(22-2)19(24-4)18(23-3)16(14)25-13/h5-9,21H,1-4H3. The largest absolute Gasteiger partial charge is 0.504 e. The highest BCUT2D eigenvalue weighted by Crippen LogP contribution is 2.49.